The molecule has 1 aromatic heterocycles. The first-order chi connectivity index (χ1) is 10.5. The van der Waals surface area contributed by atoms with Crippen LogP contribution >= 0.6 is 15.9 Å². The van der Waals surface area contributed by atoms with Gasteiger partial charge in [0.25, 0.3) is 0 Å². The summed E-state index contributed by atoms with van der Waals surface area (Å²) in [4.78, 5) is 4.63. The van der Waals surface area contributed by atoms with Crippen molar-refractivity contribution in [1.29, 1.82) is 0 Å². The quantitative estimate of drug-likeness (QED) is 0.668. The van der Waals surface area contributed by atoms with Crippen molar-refractivity contribution in [1.82, 2.24) is 4.98 Å². The van der Waals surface area contributed by atoms with Crippen molar-refractivity contribution in [3.05, 3.63) is 69.3 Å². The molecule has 0 unspecified atom stereocenters. The van der Waals surface area contributed by atoms with Crippen LogP contribution in [0.4, 0.5) is 5.69 Å². The molecule has 3 heteroatoms. The van der Waals surface area contributed by atoms with Gasteiger partial charge in [-0.2, -0.15) is 0 Å². The smallest absolute Gasteiger partial charge is 0.0867 e. The summed E-state index contributed by atoms with van der Waals surface area (Å²) in [5, 5.41) is 4.71. The van der Waals surface area contributed by atoms with E-state index in [1.54, 1.807) is 0 Å². The van der Waals surface area contributed by atoms with Crippen LogP contribution in [0.3, 0.4) is 0 Å². The number of benzene rings is 2. The van der Waals surface area contributed by atoms with Crippen molar-refractivity contribution in [2.24, 2.45) is 0 Å². The fourth-order valence-corrected chi connectivity index (χ4v) is 3.31. The van der Waals surface area contributed by atoms with Gasteiger partial charge in [-0.1, -0.05) is 41.5 Å². The molecule has 112 valence electrons. The number of aryl methyl sites for hydroxylation is 3. The predicted octanol–water partition coefficient (Wildman–Crippen LogP) is 5.53. The molecule has 0 spiro atoms. The number of hydrogen-bond acceptors (Lipinski definition) is 2. The molecule has 0 aliphatic rings. The highest BCUT2D eigenvalue weighted by atomic mass is 79.9. The summed E-state index contributed by atoms with van der Waals surface area (Å²) >= 11 is 3.59. The van der Waals surface area contributed by atoms with Gasteiger partial charge >= 0.3 is 0 Å². The van der Waals surface area contributed by atoms with Crippen LogP contribution in [0.1, 0.15) is 22.4 Å². The number of halogens is 1. The Kier molecular flexibility index (Phi) is 4.16. The lowest BCUT2D eigenvalue weighted by Gasteiger charge is -2.12. The zero-order valence-corrected chi connectivity index (χ0v) is 14.7. The topological polar surface area (TPSA) is 24.9 Å². The van der Waals surface area contributed by atoms with Crippen molar-refractivity contribution in [2.45, 2.75) is 27.3 Å². The van der Waals surface area contributed by atoms with E-state index in [2.05, 4.69) is 70.4 Å². The number of pyridine rings is 1. The molecular formula is C19H19BrN2. The van der Waals surface area contributed by atoms with Gasteiger partial charge in [0.1, 0.15) is 0 Å². The second kappa shape index (κ2) is 6.09. The summed E-state index contributed by atoms with van der Waals surface area (Å²) in [6.45, 7) is 7.12. The van der Waals surface area contributed by atoms with Crippen molar-refractivity contribution < 1.29 is 0 Å². The second-order valence-corrected chi connectivity index (χ2v) is 6.65. The molecule has 1 N–H and O–H groups in total. The molecule has 0 aliphatic carbocycles. The predicted molar refractivity (Wildman–Crippen MR) is 97.4 cm³/mol. The minimum atomic E-state index is 0.813. The fraction of sp³-hybridized carbons (Fsp3) is 0.211. The van der Waals surface area contributed by atoms with Gasteiger partial charge in [-0.3, -0.25) is 4.98 Å². The highest BCUT2D eigenvalue weighted by molar-refractivity contribution is 9.10. The lowest BCUT2D eigenvalue weighted by Crippen LogP contribution is -2.02. The highest BCUT2D eigenvalue weighted by Crippen LogP contribution is 2.29. The molecule has 3 aromatic rings. The van der Waals surface area contributed by atoms with Gasteiger partial charge in [0.2, 0.25) is 0 Å². The molecule has 0 bridgehead atoms. The first-order valence-corrected chi connectivity index (χ1v) is 8.19. The van der Waals surface area contributed by atoms with Gasteiger partial charge in [0, 0.05) is 27.8 Å². The van der Waals surface area contributed by atoms with E-state index in [9.17, 15) is 0 Å². The summed E-state index contributed by atoms with van der Waals surface area (Å²) in [6.07, 6.45) is 0. The van der Waals surface area contributed by atoms with E-state index in [0.717, 1.165) is 33.3 Å². The van der Waals surface area contributed by atoms with E-state index in [-0.39, 0.29) is 0 Å². The Bertz CT molecular complexity index is 820. The van der Waals surface area contributed by atoms with Gasteiger partial charge in [-0.25, -0.2) is 0 Å². The SMILES string of the molecule is Cc1cc(C)cc(CNc2cc(C)nc3c(Br)cccc23)c1. The van der Waals surface area contributed by atoms with E-state index >= 15 is 0 Å². The number of rotatable bonds is 3. The van der Waals surface area contributed by atoms with Crippen molar-refractivity contribution in [3.63, 3.8) is 0 Å². The summed E-state index contributed by atoms with van der Waals surface area (Å²) in [5.74, 6) is 0. The van der Waals surface area contributed by atoms with Crippen molar-refractivity contribution in [2.75, 3.05) is 5.32 Å². The molecule has 0 saturated carbocycles. The summed E-state index contributed by atoms with van der Waals surface area (Å²) in [7, 11) is 0. The van der Waals surface area contributed by atoms with Gasteiger partial charge in [-0.15, -0.1) is 0 Å². The van der Waals surface area contributed by atoms with Crippen molar-refractivity contribution >= 4 is 32.5 Å². The molecule has 0 radical (unpaired) electrons. The maximum absolute atomic E-state index is 4.63. The first-order valence-electron chi connectivity index (χ1n) is 7.40. The minimum Gasteiger partial charge on any atom is -0.380 e. The fourth-order valence-electron chi connectivity index (χ4n) is 2.86. The molecule has 22 heavy (non-hydrogen) atoms. The molecule has 1 heterocycles. The molecule has 2 nitrogen and oxygen atoms in total. The van der Waals surface area contributed by atoms with Crippen LogP contribution in [-0.4, -0.2) is 4.98 Å². The van der Waals surface area contributed by atoms with Crippen LogP contribution in [0.2, 0.25) is 0 Å². The lowest BCUT2D eigenvalue weighted by atomic mass is 10.1. The van der Waals surface area contributed by atoms with Gasteiger partial charge in [0.15, 0.2) is 0 Å². The molecule has 0 aliphatic heterocycles. The second-order valence-electron chi connectivity index (χ2n) is 5.80. The zero-order valence-electron chi connectivity index (χ0n) is 13.1. The molecule has 0 amide bonds. The third-order valence-electron chi connectivity index (χ3n) is 3.68. The average Bonchev–Trinajstić information content (AvgIpc) is 2.45. The Morgan fingerprint density at radius 3 is 2.45 bits per heavy atom. The Balaban J connectivity index is 1.95. The molecule has 0 fully saturated rings. The molecular weight excluding hydrogens is 336 g/mol. The minimum absolute atomic E-state index is 0.813. The zero-order chi connectivity index (χ0) is 15.7. The molecule has 0 atom stereocenters. The number of anilines is 1. The molecule has 0 saturated heterocycles. The van der Waals surface area contributed by atoms with E-state index in [0.29, 0.717) is 0 Å². The van der Waals surface area contributed by atoms with Gasteiger partial charge in [-0.05, 0) is 54.4 Å². The van der Waals surface area contributed by atoms with Crippen LogP contribution in [0.25, 0.3) is 10.9 Å². The number of para-hydroxylation sites is 1. The molecule has 2 aromatic carbocycles. The van der Waals surface area contributed by atoms with Gasteiger partial charge < -0.3 is 5.32 Å². The van der Waals surface area contributed by atoms with Crippen molar-refractivity contribution in [3.8, 4) is 0 Å². The maximum atomic E-state index is 4.63. The monoisotopic (exact) mass is 354 g/mol. The Morgan fingerprint density at radius 2 is 1.73 bits per heavy atom. The van der Waals surface area contributed by atoms with Crippen LogP contribution in [-0.2, 0) is 6.54 Å². The van der Waals surface area contributed by atoms with Gasteiger partial charge in [0.05, 0.1) is 5.52 Å². The summed E-state index contributed by atoms with van der Waals surface area (Å²) < 4.78 is 1.03. The number of fused-ring (bicyclic) bond motifs is 1. The number of nitrogens with one attached hydrogen (secondary N) is 1. The van der Waals surface area contributed by atoms with Crippen LogP contribution in [0, 0.1) is 20.8 Å². The summed E-state index contributed by atoms with van der Waals surface area (Å²) in [5.41, 5.74) is 7.05. The lowest BCUT2D eigenvalue weighted by molar-refractivity contribution is 1.13. The number of hydrogen-bond donors (Lipinski definition) is 1. The molecule has 3 rings (SSSR count). The largest absolute Gasteiger partial charge is 0.380 e. The van der Waals surface area contributed by atoms with E-state index < -0.39 is 0 Å². The number of aromatic nitrogens is 1. The highest BCUT2D eigenvalue weighted by Gasteiger charge is 2.07. The first kappa shape index (κ1) is 15.0. The van der Waals surface area contributed by atoms with Crippen LogP contribution in [0.15, 0.2) is 46.9 Å². The Labute approximate surface area is 139 Å². The maximum Gasteiger partial charge on any atom is 0.0867 e. The standard InChI is InChI=1S/C19H19BrN2/c1-12-7-13(2)9-15(8-12)11-21-18-10-14(3)22-19-16(18)5-4-6-17(19)20/h4-10H,11H2,1-3H3,(H,21,22). The third-order valence-corrected chi connectivity index (χ3v) is 4.32. The third kappa shape index (κ3) is 3.14. The Morgan fingerprint density at radius 1 is 1.00 bits per heavy atom. The normalized spacial score (nSPS) is 10.9. The van der Waals surface area contributed by atoms with E-state index in [4.69, 9.17) is 0 Å². The number of nitrogens with zero attached hydrogens (tertiary/aromatic N) is 1. The Hall–Kier alpha value is -1.87. The summed E-state index contributed by atoms with van der Waals surface area (Å²) in [6, 6.07) is 15.0. The van der Waals surface area contributed by atoms with Crippen LogP contribution < -0.4 is 5.32 Å². The van der Waals surface area contributed by atoms with E-state index in [1.165, 1.54) is 16.7 Å². The average molecular weight is 355 g/mol. The van der Waals surface area contributed by atoms with E-state index in [1.807, 2.05) is 19.1 Å². The van der Waals surface area contributed by atoms with Crippen LogP contribution in [0.5, 0.6) is 0 Å².